The van der Waals surface area contributed by atoms with Crippen LogP contribution in [-0.2, 0) is 11.2 Å². The Morgan fingerprint density at radius 2 is 1.73 bits per heavy atom. The Morgan fingerprint density at radius 1 is 1.00 bits per heavy atom. The lowest BCUT2D eigenvalue weighted by Crippen LogP contribution is -2.47. The Bertz CT molecular complexity index is 1250. The van der Waals surface area contributed by atoms with Gasteiger partial charge in [0.2, 0.25) is 0 Å². The smallest absolute Gasteiger partial charge is 0.152 e. The molecule has 2 aromatic heterocycles. The van der Waals surface area contributed by atoms with Gasteiger partial charge < -0.3 is 9.64 Å². The van der Waals surface area contributed by atoms with Crippen LogP contribution in [0.4, 0.5) is 5.69 Å². The Hall–Kier alpha value is -3.85. The van der Waals surface area contributed by atoms with Gasteiger partial charge in [-0.3, -0.25) is 4.79 Å². The van der Waals surface area contributed by atoms with Gasteiger partial charge in [-0.25, -0.2) is 0 Å². The molecule has 0 unspecified atom stereocenters. The summed E-state index contributed by atoms with van der Waals surface area (Å²) >= 11 is 0. The fourth-order valence-electron chi connectivity index (χ4n) is 4.39. The molecule has 0 spiro atoms. The fourth-order valence-corrected chi connectivity index (χ4v) is 4.39. The van der Waals surface area contributed by atoms with Crippen molar-refractivity contribution in [3.63, 3.8) is 0 Å². The summed E-state index contributed by atoms with van der Waals surface area (Å²) in [5, 5.41) is 17.1. The summed E-state index contributed by atoms with van der Waals surface area (Å²) in [6.07, 6.45) is 8.22. The average molecular weight is 444 g/mol. The normalized spacial score (nSPS) is 16.2. The van der Waals surface area contributed by atoms with E-state index in [9.17, 15) is 4.79 Å². The molecule has 0 N–H and O–H groups in total. The van der Waals surface area contributed by atoms with Crippen molar-refractivity contribution in [2.24, 2.45) is 0 Å². The van der Waals surface area contributed by atoms with Gasteiger partial charge in [-0.05, 0) is 61.2 Å². The fraction of sp³-hybridized carbons (Fsp3) is 0.292. The second-order valence-electron chi connectivity index (χ2n) is 8.21. The van der Waals surface area contributed by atoms with Crippen LogP contribution in [0.1, 0.15) is 27.0 Å². The topological polar surface area (TPSA) is 91.0 Å². The van der Waals surface area contributed by atoms with Gasteiger partial charge >= 0.3 is 0 Å². The summed E-state index contributed by atoms with van der Waals surface area (Å²) in [5.74, 6) is 0. The standard InChI is InChI=1S/C24H25N7O2/c1-17-11-20(15-32)24(31-27-7-8-28-31)23(12-17)29-9-10-33-16-22(29)14-19-13-21(4-3-18(19)2)30-25-5-6-26-30/h3-8,11-13,15,22H,9-10,14,16H2,1-2H3/t22-/m1/s1. The van der Waals surface area contributed by atoms with Gasteiger partial charge in [0.1, 0.15) is 5.69 Å². The molecule has 9 nitrogen and oxygen atoms in total. The lowest BCUT2D eigenvalue weighted by molar-refractivity contribution is 0.0940. The summed E-state index contributed by atoms with van der Waals surface area (Å²) in [5.41, 5.74) is 6.52. The number of hydrogen-bond acceptors (Lipinski definition) is 7. The predicted molar refractivity (Wildman–Crippen MR) is 123 cm³/mol. The molecular formula is C24H25N7O2. The van der Waals surface area contributed by atoms with Crippen LogP contribution >= 0.6 is 0 Å². The van der Waals surface area contributed by atoms with Crippen LogP contribution in [0, 0.1) is 13.8 Å². The predicted octanol–water partition coefficient (Wildman–Crippen LogP) is 2.73. The second kappa shape index (κ2) is 8.95. The number of hydrogen-bond donors (Lipinski definition) is 0. The Labute approximate surface area is 191 Å². The molecule has 0 radical (unpaired) electrons. The molecule has 4 aromatic rings. The number of ether oxygens (including phenoxy) is 1. The van der Waals surface area contributed by atoms with Crippen molar-refractivity contribution >= 4 is 12.0 Å². The molecular weight excluding hydrogens is 418 g/mol. The minimum Gasteiger partial charge on any atom is -0.377 e. The van der Waals surface area contributed by atoms with Crippen molar-refractivity contribution in [2.45, 2.75) is 26.3 Å². The lowest BCUT2D eigenvalue weighted by atomic mass is 9.97. The lowest BCUT2D eigenvalue weighted by Gasteiger charge is -2.39. The number of carbonyl (C=O) groups is 1. The van der Waals surface area contributed by atoms with Crippen molar-refractivity contribution in [3.05, 3.63) is 77.4 Å². The third-order valence-corrected chi connectivity index (χ3v) is 5.98. The van der Waals surface area contributed by atoms with Crippen molar-refractivity contribution in [3.8, 4) is 11.4 Å². The molecule has 1 aliphatic rings. The van der Waals surface area contributed by atoms with E-state index in [0.29, 0.717) is 31.0 Å². The number of aldehydes is 1. The third-order valence-electron chi connectivity index (χ3n) is 5.98. The van der Waals surface area contributed by atoms with Crippen LogP contribution in [0.5, 0.6) is 0 Å². The summed E-state index contributed by atoms with van der Waals surface area (Å²) in [7, 11) is 0. The van der Waals surface area contributed by atoms with Gasteiger partial charge in [0, 0.05) is 12.1 Å². The van der Waals surface area contributed by atoms with Crippen molar-refractivity contribution in [1.82, 2.24) is 30.0 Å². The Kier molecular flexibility index (Phi) is 5.70. The minimum atomic E-state index is 0.0777. The van der Waals surface area contributed by atoms with E-state index in [0.717, 1.165) is 29.6 Å². The molecule has 1 atom stereocenters. The summed E-state index contributed by atoms with van der Waals surface area (Å²) in [4.78, 5) is 17.4. The monoisotopic (exact) mass is 443 g/mol. The zero-order valence-electron chi connectivity index (χ0n) is 18.6. The summed E-state index contributed by atoms with van der Waals surface area (Å²) < 4.78 is 5.89. The van der Waals surface area contributed by atoms with E-state index in [1.54, 1.807) is 29.6 Å². The van der Waals surface area contributed by atoms with Gasteiger partial charge in [-0.1, -0.05) is 6.07 Å². The Morgan fingerprint density at radius 3 is 2.45 bits per heavy atom. The van der Waals surface area contributed by atoms with E-state index in [1.807, 2.05) is 19.1 Å². The first-order chi connectivity index (χ1) is 16.1. The van der Waals surface area contributed by atoms with Gasteiger partial charge in [0.05, 0.1) is 55.4 Å². The van der Waals surface area contributed by atoms with Crippen LogP contribution in [0.25, 0.3) is 11.4 Å². The number of nitrogens with zero attached hydrogens (tertiary/aromatic N) is 7. The van der Waals surface area contributed by atoms with Gasteiger partial charge in [0.15, 0.2) is 6.29 Å². The Balaban J connectivity index is 1.54. The number of morpholine rings is 1. The number of aryl methyl sites for hydroxylation is 2. The van der Waals surface area contributed by atoms with Crippen molar-refractivity contribution in [2.75, 3.05) is 24.7 Å². The molecule has 1 fully saturated rings. The number of benzene rings is 2. The van der Waals surface area contributed by atoms with Gasteiger partial charge in [0.25, 0.3) is 0 Å². The highest BCUT2D eigenvalue weighted by atomic mass is 16.5. The van der Waals surface area contributed by atoms with Crippen molar-refractivity contribution < 1.29 is 9.53 Å². The number of anilines is 1. The van der Waals surface area contributed by atoms with E-state index < -0.39 is 0 Å². The number of rotatable bonds is 6. The van der Waals surface area contributed by atoms with E-state index >= 15 is 0 Å². The highest BCUT2D eigenvalue weighted by Crippen LogP contribution is 2.32. The zero-order chi connectivity index (χ0) is 22.8. The maximum absolute atomic E-state index is 12.0. The molecule has 3 heterocycles. The van der Waals surface area contributed by atoms with E-state index in [-0.39, 0.29) is 6.04 Å². The molecule has 0 bridgehead atoms. The summed E-state index contributed by atoms with van der Waals surface area (Å²) in [6.45, 7) is 6.01. The first-order valence-corrected chi connectivity index (χ1v) is 10.9. The highest BCUT2D eigenvalue weighted by molar-refractivity contribution is 5.87. The average Bonchev–Trinajstić information content (AvgIpc) is 3.55. The number of carbonyl (C=O) groups excluding carboxylic acids is 1. The maximum atomic E-state index is 12.0. The summed E-state index contributed by atoms with van der Waals surface area (Å²) in [6, 6.07) is 10.3. The van der Waals surface area contributed by atoms with Crippen LogP contribution < -0.4 is 4.90 Å². The quantitative estimate of drug-likeness (QED) is 0.423. The molecule has 168 valence electrons. The second-order valence-corrected chi connectivity index (χ2v) is 8.21. The van der Waals surface area contributed by atoms with Crippen LogP contribution in [0.2, 0.25) is 0 Å². The number of aromatic nitrogens is 6. The molecule has 1 aliphatic heterocycles. The molecule has 0 saturated carbocycles. The van der Waals surface area contributed by atoms with E-state index in [4.69, 9.17) is 4.74 Å². The molecule has 0 amide bonds. The first-order valence-electron chi connectivity index (χ1n) is 10.9. The van der Waals surface area contributed by atoms with E-state index in [2.05, 4.69) is 50.4 Å². The SMILES string of the molecule is Cc1cc(C=O)c(-n2nccn2)c(N2CCOC[C@H]2Cc2cc(-n3nccn3)ccc2C)c1. The highest BCUT2D eigenvalue weighted by Gasteiger charge is 2.28. The van der Waals surface area contributed by atoms with Crippen LogP contribution in [-0.4, -0.2) is 62.1 Å². The van der Waals surface area contributed by atoms with Crippen LogP contribution in [0.15, 0.2) is 55.1 Å². The first kappa shape index (κ1) is 21.0. The minimum absolute atomic E-state index is 0.0777. The van der Waals surface area contributed by atoms with Gasteiger partial charge in [-0.2, -0.15) is 25.2 Å². The maximum Gasteiger partial charge on any atom is 0.152 e. The molecule has 0 aliphatic carbocycles. The molecule has 1 saturated heterocycles. The van der Waals surface area contributed by atoms with Gasteiger partial charge in [-0.15, -0.1) is 4.80 Å². The largest absolute Gasteiger partial charge is 0.377 e. The molecule has 9 heteroatoms. The third kappa shape index (κ3) is 4.14. The zero-order valence-corrected chi connectivity index (χ0v) is 18.6. The van der Waals surface area contributed by atoms with Crippen LogP contribution in [0.3, 0.4) is 0 Å². The van der Waals surface area contributed by atoms with E-state index in [1.165, 1.54) is 15.9 Å². The van der Waals surface area contributed by atoms with Crippen molar-refractivity contribution in [1.29, 1.82) is 0 Å². The molecule has 2 aromatic carbocycles. The molecule has 5 rings (SSSR count). The molecule has 33 heavy (non-hydrogen) atoms.